The van der Waals surface area contributed by atoms with Gasteiger partial charge in [0.15, 0.2) is 0 Å². The average Bonchev–Trinajstić information content (AvgIpc) is 1.54. The zero-order valence-electron chi connectivity index (χ0n) is 68.4. The monoisotopic (exact) mass is 1550 g/mol. The van der Waals surface area contributed by atoms with Crippen molar-refractivity contribution in [3.8, 4) is 122 Å². The lowest BCUT2D eigenvalue weighted by Crippen LogP contribution is -2.24. The standard InChI is InChI=1S/C120H86N2/c1-119(2)109-60-26-24-53-107(109)115-100(56-30-62-111(115)119)85-66-72-91(73-67-85)122(114-65-33-59-103(84-40-14-7-15-41-84)118(114)106-52-23-20-48-96(106)81-36-10-5-11-37-81)93-74-75-99-88(78-93)76-89(98-49-18-21-50-104(98)99)79-120(3)110-61-27-25-54-108(110)116-101(57-31-63-112(116)120)86-68-70-90(71-69-86)121(92-45-28-44-87(77-92)97-55-29-43-82-42-16-17-46-94(82)97)113-64-32-58-102(83-38-12-6-13-39-83)117(113)105-51-22-19-47-95(105)80-34-8-4-9-35-80/h4-78H,79H2,1-3H3. The van der Waals surface area contributed by atoms with Crippen molar-refractivity contribution < 1.29 is 0 Å². The Hall–Kier alpha value is -15.2. The van der Waals surface area contributed by atoms with Crippen LogP contribution < -0.4 is 9.80 Å². The molecular weight excluding hydrogens is 1470 g/mol. The Balaban J connectivity index is 0.686. The molecule has 0 spiro atoms. The number of rotatable bonds is 17. The van der Waals surface area contributed by atoms with Crippen LogP contribution in [0.25, 0.3) is 155 Å². The van der Waals surface area contributed by atoms with Gasteiger partial charge < -0.3 is 9.80 Å². The predicted octanol–water partition coefficient (Wildman–Crippen LogP) is 32.9. The average molecular weight is 1560 g/mol. The molecule has 0 saturated carbocycles. The summed E-state index contributed by atoms with van der Waals surface area (Å²) in [6, 6.07) is 170. The number of anilines is 6. The highest BCUT2D eigenvalue weighted by Gasteiger charge is 2.42. The van der Waals surface area contributed by atoms with Crippen molar-refractivity contribution in [2.24, 2.45) is 0 Å². The van der Waals surface area contributed by atoms with Crippen LogP contribution in [0.4, 0.5) is 34.1 Å². The Morgan fingerprint density at radius 1 is 0.189 bits per heavy atom. The van der Waals surface area contributed by atoms with Crippen LogP contribution in [0.5, 0.6) is 0 Å². The third-order valence-electron chi connectivity index (χ3n) is 26.2. The second kappa shape index (κ2) is 30.3. The minimum absolute atomic E-state index is 0.123. The minimum Gasteiger partial charge on any atom is -0.310 e. The van der Waals surface area contributed by atoms with Crippen molar-refractivity contribution >= 4 is 66.4 Å². The van der Waals surface area contributed by atoms with Crippen LogP contribution >= 0.6 is 0 Å². The maximum atomic E-state index is 2.53. The first kappa shape index (κ1) is 73.2. The summed E-state index contributed by atoms with van der Waals surface area (Å²) in [6.07, 6.45) is 0.764. The van der Waals surface area contributed by atoms with Gasteiger partial charge in [0.2, 0.25) is 0 Å². The zero-order chi connectivity index (χ0) is 81.4. The normalized spacial score (nSPS) is 13.5. The second-order valence-corrected chi connectivity index (χ2v) is 33.5. The summed E-state index contributed by atoms with van der Waals surface area (Å²) in [5.41, 5.74) is 38.8. The van der Waals surface area contributed by atoms with Gasteiger partial charge in [-0.1, -0.05) is 415 Å². The molecule has 2 heteroatoms. The van der Waals surface area contributed by atoms with Gasteiger partial charge in [-0.25, -0.2) is 0 Å². The van der Waals surface area contributed by atoms with E-state index in [4.69, 9.17) is 0 Å². The number of fused-ring (bicyclic) bond motifs is 10. The molecule has 1 atom stereocenters. The minimum atomic E-state index is -0.429. The topological polar surface area (TPSA) is 6.48 Å². The van der Waals surface area contributed by atoms with Gasteiger partial charge in [0.25, 0.3) is 0 Å². The van der Waals surface area contributed by atoms with Gasteiger partial charge in [-0.15, -0.1) is 0 Å². The summed E-state index contributed by atoms with van der Waals surface area (Å²) in [5.74, 6) is 0. The fourth-order valence-corrected chi connectivity index (χ4v) is 20.5. The summed E-state index contributed by atoms with van der Waals surface area (Å²) < 4.78 is 0. The van der Waals surface area contributed by atoms with Crippen LogP contribution in [0.1, 0.15) is 48.6 Å². The van der Waals surface area contributed by atoms with Gasteiger partial charge in [0.05, 0.1) is 11.4 Å². The van der Waals surface area contributed by atoms with Crippen LogP contribution in [0, 0.1) is 0 Å². The van der Waals surface area contributed by atoms with Gasteiger partial charge in [-0.05, 0) is 238 Å². The molecule has 0 aliphatic heterocycles. The van der Waals surface area contributed by atoms with Crippen LogP contribution in [-0.2, 0) is 17.3 Å². The van der Waals surface area contributed by atoms with E-state index in [1.165, 1.54) is 127 Å². The van der Waals surface area contributed by atoms with Gasteiger partial charge in [-0.3, -0.25) is 0 Å². The van der Waals surface area contributed by atoms with Crippen LogP contribution in [0.3, 0.4) is 0 Å². The van der Waals surface area contributed by atoms with Crippen molar-refractivity contribution in [1.82, 2.24) is 0 Å². The highest BCUT2D eigenvalue weighted by atomic mass is 15.2. The zero-order valence-corrected chi connectivity index (χ0v) is 68.4. The Morgan fingerprint density at radius 3 is 1.10 bits per heavy atom. The van der Waals surface area contributed by atoms with Crippen molar-refractivity contribution in [2.75, 3.05) is 9.80 Å². The van der Waals surface area contributed by atoms with E-state index in [1.807, 2.05) is 0 Å². The Morgan fingerprint density at radius 2 is 0.541 bits per heavy atom. The van der Waals surface area contributed by atoms with Crippen LogP contribution in [-0.4, -0.2) is 0 Å². The van der Waals surface area contributed by atoms with Gasteiger partial charge in [0.1, 0.15) is 0 Å². The van der Waals surface area contributed by atoms with E-state index < -0.39 is 5.41 Å². The molecule has 576 valence electrons. The van der Waals surface area contributed by atoms with Crippen LogP contribution in [0.2, 0.25) is 0 Å². The molecule has 0 saturated heterocycles. The van der Waals surface area contributed by atoms with Gasteiger partial charge in [0, 0.05) is 44.7 Å². The maximum absolute atomic E-state index is 2.53. The lowest BCUT2D eigenvalue weighted by atomic mass is 9.74. The first-order valence-corrected chi connectivity index (χ1v) is 42.7. The molecule has 1 unspecified atom stereocenters. The molecule has 0 N–H and O–H groups in total. The number of nitrogens with zero attached hydrogens (tertiary/aromatic N) is 2. The molecule has 0 fully saturated rings. The summed E-state index contributed by atoms with van der Waals surface area (Å²) in [4.78, 5) is 5.03. The molecule has 2 aliphatic rings. The summed E-state index contributed by atoms with van der Waals surface area (Å²) >= 11 is 0. The number of hydrogen-bond acceptors (Lipinski definition) is 2. The molecule has 0 heterocycles. The van der Waals surface area contributed by atoms with E-state index in [0.717, 1.165) is 96.2 Å². The van der Waals surface area contributed by atoms with Gasteiger partial charge >= 0.3 is 0 Å². The molecule has 20 aromatic rings. The maximum Gasteiger partial charge on any atom is 0.0546 e. The van der Waals surface area contributed by atoms with Crippen molar-refractivity contribution in [3.63, 3.8) is 0 Å². The highest BCUT2D eigenvalue weighted by molar-refractivity contribution is 6.12. The third-order valence-corrected chi connectivity index (χ3v) is 26.2. The van der Waals surface area contributed by atoms with E-state index in [0.29, 0.717) is 0 Å². The largest absolute Gasteiger partial charge is 0.310 e. The van der Waals surface area contributed by atoms with Crippen molar-refractivity contribution in [1.29, 1.82) is 0 Å². The van der Waals surface area contributed by atoms with Gasteiger partial charge in [-0.2, -0.15) is 0 Å². The first-order valence-electron chi connectivity index (χ1n) is 42.7. The van der Waals surface area contributed by atoms with E-state index in [9.17, 15) is 0 Å². The molecule has 0 amide bonds. The van der Waals surface area contributed by atoms with Crippen molar-refractivity contribution in [2.45, 2.75) is 38.0 Å². The smallest absolute Gasteiger partial charge is 0.0546 e. The van der Waals surface area contributed by atoms with E-state index in [2.05, 4.69) is 486 Å². The SMILES string of the molecule is CC1(C)c2ccccc2-c2c(-c3ccc(N(c4ccc5c(c4)cc(CC4(C)c6ccccc6-c6c(-c7ccc(N(c8cccc(-c9cccc%10ccccc9%10)c8)c8cccc(-c9ccccc9)c8-c8ccccc8-c8ccccc8)cc7)cccc64)c4ccccc45)c4cccc(-c5ccccc5)c4-c4ccccc4-c4ccccc4)cc3)cccc21. The lowest BCUT2D eigenvalue weighted by Gasteiger charge is -2.31. The molecule has 122 heavy (non-hydrogen) atoms. The quantitative estimate of drug-likeness (QED) is 0.0839. The second-order valence-electron chi connectivity index (χ2n) is 33.5. The first-order chi connectivity index (χ1) is 60.2. The molecular formula is C120H86N2. The Labute approximate surface area is 714 Å². The Kier molecular flexibility index (Phi) is 18.2. The van der Waals surface area contributed by atoms with E-state index in [-0.39, 0.29) is 5.41 Å². The third kappa shape index (κ3) is 12.5. The fraction of sp³-hybridized carbons (Fsp3) is 0.0500. The predicted molar refractivity (Wildman–Crippen MR) is 517 cm³/mol. The molecule has 20 aromatic carbocycles. The molecule has 0 radical (unpaired) electrons. The molecule has 0 bridgehead atoms. The summed E-state index contributed by atoms with van der Waals surface area (Å²) in [6.45, 7) is 7.24. The Bertz CT molecular complexity index is 7420. The lowest BCUT2D eigenvalue weighted by molar-refractivity contribution is 0.585. The molecule has 2 nitrogen and oxygen atoms in total. The van der Waals surface area contributed by atoms with Crippen LogP contribution in [0.15, 0.2) is 455 Å². The number of benzene rings is 20. The summed E-state index contributed by atoms with van der Waals surface area (Å²) in [5, 5.41) is 7.34. The highest BCUT2D eigenvalue weighted by Crippen LogP contribution is 2.58. The summed E-state index contributed by atoms with van der Waals surface area (Å²) in [7, 11) is 0. The molecule has 22 rings (SSSR count). The fourth-order valence-electron chi connectivity index (χ4n) is 20.5. The molecule has 2 aliphatic carbocycles. The molecule has 0 aromatic heterocycles. The van der Waals surface area contributed by atoms with Crippen molar-refractivity contribution in [3.05, 3.63) is 483 Å². The number of hydrogen-bond donors (Lipinski definition) is 0. The van der Waals surface area contributed by atoms with E-state index in [1.54, 1.807) is 0 Å². The van der Waals surface area contributed by atoms with E-state index >= 15 is 0 Å².